The average molecular weight is 451 g/mol. The van der Waals surface area contributed by atoms with Gasteiger partial charge in [0.1, 0.15) is 0 Å². The van der Waals surface area contributed by atoms with Gasteiger partial charge in [-0.2, -0.15) is 8.42 Å². The summed E-state index contributed by atoms with van der Waals surface area (Å²) in [5.41, 5.74) is 0. The minimum atomic E-state index is -4.67. The Morgan fingerprint density at radius 2 is 0.828 bits per heavy atom. The van der Waals surface area contributed by atoms with Gasteiger partial charge < -0.3 is 33.5 Å². The molecular formula is C17H38O11S. The molecule has 0 aromatic rings. The number of aliphatic hydroxyl groups excluding tert-OH is 1. The Bertz CT molecular complexity index is 396. The standard InChI is InChI=1S/C17H36O7.H2O4S/c1-17(2)3-5-19-7-9-21-11-13-23-15-16-24-14-12-22-10-8-20-6-4-18;1-5(2,3)4/h17-18H,3-16H2,1-2H3;(H2,1,2,3,4). The molecule has 0 aliphatic heterocycles. The van der Waals surface area contributed by atoms with Crippen molar-refractivity contribution >= 4 is 10.4 Å². The SMILES string of the molecule is CC(C)CCOCCOCCOCCOCCOCCOCCO.O=S(=O)(O)O. The molecule has 0 radical (unpaired) electrons. The molecule has 0 bridgehead atoms. The molecule has 12 heteroatoms. The van der Waals surface area contributed by atoms with Crippen molar-refractivity contribution in [2.24, 2.45) is 5.92 Å². The van der Waals surface area contributed by atoms with Gasteiger partial charge in [0.15, 0.2) is 0 Å². The molecule has 0 aromatic heterocycles. The van der Waals surface area contributed by atoms with E-state index in [9.17, 15) is 0 Å². The first-order valence-electron chi connectivity index (χ1n) is 9.54. The lowest BCUT2D eigenvalue weighted by molar-refractivity contribution is -0.0184. The molecule has 0 fully saturated rings. The van der Waals surface area contributed by atoms with Crippen LogP contribution in [0.2, 0.25) is 0 Å². The van der Waals surface area contributed by atoms with Crippen LogP contribution in [0.1, 0.15) is 20.3 Å². The molecule has 0 aliphatic rings. The number of aliphatic hydroxyl groups is 1. The van der Waals surface area contributed by atoms with Crippen LogP contribution in [-0.4, -0.2) is 109 Å². The van der Waals surface area contributed by atoms with Crippen LogP contribution < -0.4 is 0 Å². The van der Waals surface area contributed by atoms with Gasteiger partial charge in [-0.3, -0.25) is 9.11 Å². The summed E-state index contributed by atoms with van der Waals surface area (Å²) in [6, 6.07) is 0. The molecule has 0 heterocycles. The van der Waals surface area contributed by atoms with Crippen molar-refractivity contribution in [1.29, 1.82) is 0 Å². The van der Waals surface area contributed by atoms with Crippen LogP contribution >= 0.6 is 0 Å². The van der Waals surface area contributed by atoms with E-state index in [0.29, 0.717) is 78.6 Å². The third-order valence-electron chi connectivity index (χ3n) is 2.94. The topological polar surface area (TPSA) is 150 Å². The second kappa shape index (κ2) is 23.9. The zero-order chi connectivity index (χ0) is 22.2. The fourth-order valence-electron chi connectivity index (χ4n) is 1.59. The molecule has 0 unspecified atom stereocenters. The van der Waals surface area contributed by atoms with E-state index in [0.717, 1.165) is 13.0 Å². The summed E-state index contributed by atoms with van der Waals surface area (Å²) in [6.07, 6.45) is 1.09. The van der Waals surface area contributed by atoms with Crippen molar-refractivity contribution in [3.8, 4) is 0 Å². The van der Waals surface area contributed by atoms with Gasteiger partial charge >= 0.3 is 10.4 Å². The van der Waals surface area contributed by atoms with E-state index in [1.54, 1.807) is 0 Å². The second-order valence-electron chi connectivity index (χ2n) is 6.03. The monoisotopic (exact) mass is 450 g/mol. The Morgan fingerprint density at radius 1 is 0.586 bits per heavy atom. The van der Waals surface area contributed by atoms with Gasteiger partial charge in [-0.1, -0.05) is 13.8 Å². The van der Waals surface area contributed by atoms with Crippen LogP contribution in [0.3, 0.4) is 0 Å². The van der Waals surface area contributed by atoms with Gasteiger partial charge in [0, 0.05) is 6.61 Å². The molecule has 29 heavy (non-hydrogen) atoms. The summed E-state index contributed by atoms with van der Waals surface area (Å²) >= 11 is 0. The summed E-state index contributed by atoms with van der Waals surface area (Å²) in [6.45, 7) is 11.1. The third-order valence-corrected chi connectivity index (χ3v) is 2.94. The van der Waals surface area contributed by atoms with E-state index in [2.05, 4.69) is 13.8 Å². The van der Waals surface area contributed by atoms with Crippen molar-refractivity contribution in [1.82, 2.24) is 0 Å². The van der Waals surface area contributed by atoms with Gasteiger partial charge in [-0.15, -0.1) is 0 Å². The highest BCUT2D eigenvalue weighted by Gasteiger charge is 1.95. The Hall–Kier alpha value is -0.410. The summed E-state index contributed by atoms with van der Waals surface area (Å²) in [4.78, 5) is 0. The fourth-order valence-corrected chi connectivity index (χ4v) is 1.59. The van der Waals surface area contributed by atoms with E-state index >= 15 is 0 Å². The molecule has 0 atom stereocenters. The van der Waals surface area contributed by atoms with E-state index in [4.69, 9.17) is 51.1 Å². The van der Waals surface area contributed by atoms with Crippen molar-refractivity contribution in [3.05, 3.63) is 0 Å². The highest BCUT2D eigenvalue weighted by Crippen LogP contribution is 1.98. The highest BCUT2D eigenvalue weighted by atomic mass is 32.3. The van der Waals surface area contributed by atoms with Gasteiger partial charge in [-0.25, -0.2) is 0 Å². The molecule has 0 saturated carbocycles. The number of hydrogen-bond donors (Lipinski definition) is 3. The molecule has 3 N–H and O–H groups in total. The molecule has 0 spiro atoms. The smallest absolute Gasteiger partial charge is 0.394 e. The molecule has 0 saturated heterocycles. The minimum Gasteiger partial charge on any atom is -0.394 e. The van der Waals surface area contributed by atoms with Gasteiger partial charge in [0.25, 0.3) is 0 Å². The Balaban J connectivity index is 0. The average Bonchev–Trinajstić information content (AvgIpc) is 2.62. The molecule has 0 amide bonds. The largest absolute Gasteiger partial charge is 0.394 e. The summed E-state index contributed by atoms with van der Waals surface area (Å²) < 4.78 is 63.5. The van der Waals surface area contributed by atoms with Crippen molar-refractivity contribution in [2.45, 2.75) is 20.3 Å². The Morgan fingerprint density at radius 3 is 1.07 bits per heavy atom. The first kappa shape index (κ1) is 30.8. The van der Waals surface area contributed by atoms with Crippen LogP contribution in [0.5, 0.6) is 0 Å². The highest BCUT2D eigenvalue weighted by molar-refractivity contribution is 7.79. The van der Waals surface area contributed by atoms with Crippen molar-refractivity contribution in [3.63, 3.8) is 0 Å². The van der Waals surface area contributed by atoms with Gasteiger partial charge in [0.05, 0.1) is 79.3 Å². The number of rotatable bonds is 20. The van der Waals surface area contributed by atoms with E-state index in [1.165, 1.54) is 0 Å². The van der Waals surface area contributed by atoms with Crippen LogP contribution in [-0.2, 0) is 38.8 Å². The Kier molecular flexibility index (Phi) is 25.3. The zero-order valence-corrected chi connectivity index (χ0v) is 18.3. The van der Waals surface area contributed by atoms with E-state index in [-0.39, 0.29) is 6.61 Å². The maximum atomic E-state index is 8.74. The third kappa shape index (κ3) is 42.6. The summed E-state index contributed by atoms with van der Waals surface area (Å²) in [5, 5.41) is 8.51. The maximum absolute atomic E-state index is 8.74. The van der Waals surface area contributed by atoms with Crippen LogP contribution in [0.25, 0.3) is 0 Å². The first-order valence-corrected chi connectivity index (χ1v) is 10.9. The zero-order valence-electron chi connectivity index (χ0n) is 17.5. The summed E-state index contributed by atoms with van der Waals surface area (Å²) in [5.74, 6) is 0.680. The van der Waals surface area contributed by atoms with Gasteiger partial charge in [0.2, 0.25) is 0 Å². The second-order valence-corrected chi connectivity index (χ2v) is 6.92. The maximum Gasteiger partial charge on any atom is 0.394 e. The minimum absolute atomic E-state index is 0.0419. The number of hydrogen-bond acceptors (Lipinski definition) is 9. The lowest BCUT2D eigenvalue weighted by atomic mass is 10.1. The molecule has 0 aromatic carbocycles. The van der Waals surface area contributed by atoms with Crippen molar-refractivity contribution < 1.29 is 51.1 Å². The van der Waals surface area contributed by atoms with Crippen molar-refractivity contribution in [2.75, 3.05) is 85.9 Å². The fraction of sp³-hybridized carbons (Fsp3) is 1.00. The molecular weight excluding hydrogens is 412 g/mol. The lowest BCUT2D eigenvalue weighted by Gasteiger charge is -2.08. The normalized spacial score (nSPS) is 11.5. The first-order chi connectivity index (χ1) is 13.8. The quantitative estimate of drug-likeness (QED) is 0.175. The van der Waals surface area contributed by atoms with Crippen LogP contribution in [0.15, 0.2) is 0 Å². The van der Waals surface area contributed by atoms with Crippen LogP contribution in [0, 0.1) is 5.92 Å². The van der Waals surface area contributed by atoms with Crippen LogP contribution in [0.4, 0.5) is 0 Å². The predicted molar refractivity (Wildman–Crippen MR) is 106 cm³/mol. The Labute approximate surface area is 174 Å². The molecule has 178 valence electrons. The lowest BCUT2D eigenvalue weighted by Crippen LogP contribution is -2.14. The van der Waals surface area contributed by atoms with E-state index < -0.39 is 10.4 Å². The summed E-state index contributed by atoms with van der Waals surface area (Å²) in [7, 11) is -4.67. The molecule has 0 rings (SSSR count). The predicted octanol–water partition coefficient (Wildman–Crippen LogP) is 0.472. The molecule has 0 aliphatic carbocycles. The number of ether oxygens (including phenoxy) is 6. The molecule has 11 nitrogen and oxygen atoms in total. The van der Waals surface area contributed by atoms with E-state index in [1.807, 2.05) is 0 Å². The van der Waals surface area contributed by atoms with Gasteiger partial charge in [-0.05, 0) is 12.3 Å².